The number of rotatable bonds is 4. The van der Waals surface area contributed by atoms with Crippen molar-refractivity contribution in [3.05, 3.63) is 35.6 Å². The van der Waals surface area contributed by atoms with Gasteiger partial charge >= 0.3 is 0 Å². The van der Waals surface area contributed by atoms with Gasteiger partial charge in [-0.15, -0.1) is 0 Å². The fourth-order valence-corrected chi connectivity index (χ4v) is 2.36. The van der Waals surface area contributed by atoms with Gasteiger partial charge in [0, 0.05) is 39.3 Å². The Morgan fingerprint density at radius 2 is 2.15 bits per heavy atom. The molecule has 5 heteroatoms. The van der Waals surface area contributed by atoms with Crippen LogP contribution >= 0.6 is 0 Å². The Labute approximate surface area is 119 Å². The van der Waals surface area contributed by atoms with E-state index in [9.17, 15) is 9.18 Å². The monoisotopic (exact) mass is 279 g/mol. The van der Waals surface area contributed by atoms with Crippen LogP contribution in [0.1, 0.15) is 12.5 Å². The molecule has 1 fully saturated rings. The van der Waals surface area contributed by atoms with Gasteiger partial charge in [-0.3, -0.25) is 9.69 Å². The van der Waals surface area contributed by atoms with E-state index in [-0.39, 0.29) is 11.7 Å². The Hall–Kier alpha value is -1.46. The first-order chi connectivity index (χ1) is 9.56. The molecule has 1 aliphatic heterocycles. The maximum Gasteiger partial charge on any atom is 0.236 e. The van der Waals surface area contributed by atoms with Gasteiger partial charge in [0.15, 0.2) is 0 Å². The molecule has 0 unspecified atom stereocenters. The highest BCUT2D eigenvalue weighted by molar-refractivity contribution is 5.78. The molecule has 1 aromatic carbocycles. The number of nitrogens with one attached hydrogen (secondary N) is 1. The van der Waals surface area contributed by atoms with Crippen LogP contribution in [0.5, 0.6) is 0 Å². The van der Waals surface area contributed by atoms with Crippen molar-refractivity contribution in [2.45, 2.75) is 19.5 Å². The molecule has 2 rings (SSSR count). The van der Waals surface area contributed by atoms with Crippen molar-refractivity contribution in [1.82, 2.24) is 15.1 Å². The number of amides is 1. The van der Waals surface area contributed by atoms with Crippen molar-refractivity contribution in [2.75, 3.05) is 33.2 Å². The van der Waals surface area contributed by atoms with Crippen LogP contribution in [0.25, 0.3) is 0 Å². The van der Waals surface area contributed by atoms with Gasteiger partial charge < -0.3 is 10.2 Å². The van der Waals surface area contributed by atoms with Crippen LogP contribution < -0.4 is 5.32 Å². The minimum atomic E-state index is -0.252. The molecule has 1 N–H and O–H groups in total. The number of nitrogens with zero attached hydrogens (tertiary/aromatic N) is 2. The molecule has 4 nitrogen and oxygen atoms in total. The molecular weight excluding hydrogens is 257 g/mol. The van der Waals surface area contributed by atoms with Gasteiger partial charge in [0.2, 0.25) is 5.91 Å². The van der Waals surface area contributed by atoms with E-state index in [0.717, 1.165) is 25.2 Å². The molecule has 0 bridgehead atoms. The zero-order valence-corrected chi connectivity index (χ0v) is 12.1. The largest absolute Gasteiger partial charge is 0.340 e. The van der Waals surface area contributed by atoms with Gasteiger partial charge in [-0.05, 0) is 24.6 Å². The summed E-state index contributed by atoms with van der Waals surface area (Å²) in [4.78, 5) is 16.1. The lowest BCUT2D eigenvalue weighted by atomic mass is 10.2. The van der Waals surface area contributed by atoms with Crippen LogP contribution in [0.3, 0.4) is 0 Å². The van der Waals surface area contributed by atoms with Crippen molar-refractivity contribution >= 4 is 5.91 Å². The Kier molecular flexibility index (Phi) is 5.09. The van der Waals surface area contributed by atoms with Crippen LogP contribution in [-0.2, 0) is 11.3 Å². The predicted molar refractivity (Wildman–Crippen MR) is 76.8 cm³/mol. The zero-order valence-electron chi connectivity index (χ0n) is 12.1. The first-order valence-corrected chi connectivity index (χ1v) is 6.99. The summed E-state index contributed by atoms with van der Waals surface area (Å²) in [5.41, 5.74) is 0.940. The molecule has 1 saturated heterocycles. The predicted octanol–water partition coefficient (Wildman–Crippen LogP) is 1.08. The highest BCUT2D eigenvalue weighted by atomic mass is 19.1. The maximum absolute atomic E-state index is 12.8. The van der Waals surface area contributed by atoms with Crippen LogP contribution in [-0.4, -0.2) is 55.0 Å². The number of carbonyl (C=O) groups excluding carboxylic acids is 1. The Balaban J connectivity index is 1.86. The first-order valence-electron chi connectivity index (χ1n) is 6.99. The number of hydrogen-bond acceptors (Lipinski definition) is 3. The van der Waals surface area contributed by atoms with Crippen LogP contribution in [0.4, 0.5) is 4.39 Å². The molecule has 1 atom stereocenters. The third-order valence-electron chi connectivity index (χ3n) is 3.74. The van der Waals surface area contributed by atoms with E-state index in [1.165, 1.54) is 12.1 Å². The van der Waals surface area contributed by atoms with E-state index in [1.54, 1.807) is 24.1 Å². The van der Waals surface area contributed by atoms with E-state index in [0.29, 0.717) is 19.1 Å². The maximum atomic E-state index is 12.8. The van der Waals surface area contributed by atoms with Crippen molar-refractivity contribution in [1.29, 1.82) is 0 Å². The van der Waals surface area contributed by atoms with Gasteiger partial charge in [-0.1, -0.05) is 12.1 Å². The van der Waals surface area contributed by atoms with Crippen molar-refractivity contribution in [3.8, 4) is 0 Å². The zero-order chi connectivity index (χ0) is 14.5. The standard InChI is InChI=1S/C15H22FN3O/c1-12-9-17-7-8-19(12)11-15(20)18(2)10-13-3-5-14(16)6-4-13/h3-6,12,17H,7-11H2,1-2H3/t12-/m0/s1. The molecule has 1 amide bonds. The molecule has 0 spiro atoms. The molecule has 1 heterocycles. The SMILES string of the molecule is C[C@H]1CNCCN1CC(=O)N(C)Cc1ccc(F)cc1. The van der Waals surface area contributed by atoms with E-state index in [2.05, 4.69) is 17.1 Å². The molecule has 0 aromatic heterocycles. The summed E-state index contributed by atoms with van der Waals surface area (Å²) in [6.45, 7) is 5.84. The first kappa shape index (κ1) is 14.9. The van der Waals surface area contributed by atoms with Gasteiger partial charge in [0.25, 0.3) is 0 Å². The van der Waals surface area contributed by atoms with E-state index in [1.807, 2.05) is 0 Å². The van der Waals surface area contributed by atoms with Crippen molar-refractivity contribution in [2.24, 2.45) is 0 Å². The molecule has 20 heavy (non-hydrogen) atoms. The van der Waals surface area contributed by atoms with Gasteiger partial charge in [0.05, 0.1) is 6.54 Å². The summed E-state index contributed by atoms with van der Waals surface area (Å²) >= 11 is 0. The summed E-state index contributed by atoms with van der Waals surface area (Å²) < 4.78 is 12.8. The fourth-order valence-electron chi connectivity index (χ4n) is 2.36. The molecular formula is C15H22FN3O. The molecule has 0 saturated carbocycles. The second-order valence-electron chi connectivity index (χ2n) is 5.40. The smallest absolute Gasteiger partial charge is 0.236 e. The van der Waals surface area contributed by atoms with Crippen LogP contribution in [0, 0.1) is 5.82 Å². The van der Waals surface area contributed by atoms with Crippen LogP contribution in [0.15, 0.2) is 24.3 Å². The van der Waals surface area contributed by atoms with Gasteiger partial charge in [-0.25, -0.2) is 4.39 Å². The summed E-state index contributed by atoms with van der Waals surface area (Å²) in [5, 5.41) is 3.31. The van der Waals surface area contributed by atoms with E-state index in [4.69, 9.17) is 0 Å². The lowest BCUT2D eigenvalue weighted by Gasteiger charge is -2.34. The summed E-state index contributed by atoms with van der Waals surface area (Å²) in [6.07, 6.45) is 0. The number of piperazine rings is 1. The Morgan fingerprint density at radius 3 is 2.80 bits per heavy atom. The number of likely N-dealkylation sites (N-methyl/N-ethyl adjacent to an activating group) is 1. The molecule has 1 aliphatic rings. The quantitative estimate of drug-likeness (QED) is 0.896. The topological polar surface area (TPSA) is 35.6 Å². The molecule has 0 aliphatic carbocycles. The highest BCUT2D eigenvalue weighted by Gasteiger charge is 2.21. The average Bonchev–Trinajstić information content (AvgIpc) is 2.44. The Bertz CT molecular complexity index is 449. The molecule has 110 valence electrons. The Morgan fingerprint density at radius 1 is 1.45 bits per heavy atom. The van der Waals surface area contributed by atoms with Crippen molar-refractivity contribution in [3.63, 3.8) is 0 Å². The number of hydrogen-bond donors (Lipinski definition) is 1. The lowest BCUT2D eigenvalue weighted by molar-refractivity contribution is -0.132. The van der Waals surface area contributed by atoms with E-state index >= 15 is 0 Å². The van der Waals surface area contributed by atoms with E-state index < -0.39 is 0 Å². The molecule has 1 aromatic rings. The minimum absolute atomic E-state index is 0.100. The summed E-state index contributed by atoms with van der Waals surface area (Å²) in [6, 6.07) is 6.66. The van der Waals surface area contributed by atoms with Crippen molar-refractivity contribution < 1.29 is 9.18 Å². The number of benzene rings is 1. The highest BCUT2D eigenvalue weighted by Crippen LogP contribution is 2.07. The fraction of sp³-hybridized carbons (Fsp3) is 0.533. The third-order valence-corrected chi connectivity index (χ3v) is 3.74. The lowest BCUT2D eigenvalue weighted by Crippen LogP contribution is -2.52. The minimum Gasteiger partial charge on any atom is -0.340 e. The van der Waals surface area contributed by atoms with Gasteiger partial charge in [0.1, 0.15) is 5.82 Å². The average molecular weight is 279 g/mol. The van der Waals surface area contributed by atoms with Gasteiger partial charge in [-0.2, -0.15) is 0 Å². The second-order valence-corrected chi connectivity index (χ2v) is 5.40. The van der Waals surface area contributed by atoms with Crippen LogP contribution in [0.2, 0.25) is 0 Å². The number of halogens is 1. The third kappa shape index (κ3) is 4.02. The summed E-state index contributed by atoms with van der Waals surface area (Å²) in [7, 11) is 1.79. The number of carbonyl (C=O) groups is 1. The normalized spacial score (nSPS) is 19.9. The summed E-state index contributed by atoms with van der Waals surface area (Å²) in [5.74, 6) is -0.152. The second kappa shape index (κ2) is 6.81. The molecule has 0 radical (unpaired) electrons.